The van der Waals surface area contributed by atoms with Crippen LogP contribution in [0.15, 0.2) is 29.4 Å². The molecule has 4 heteroatoms. The van der Waals surface area contributed by atoms with E-state index in [0.29, 0.717) is 17.5 Å². The number of halogens is 1. The third-order valence-electron chi connectivity index (χ3n) is 1.47. The lowest BCUT2D eigenvalue weighted by Gasteiger charge is -2.05. The number of hydrogen-bond donors (Lipinski definition) is 1. The lowest BCUT2D eigenvalue weighted by molar-refractivity contribution is 0.327. The van der Waals surface area contributed by atoms with Crippen molar-refractivity contribution in [1.29, 1.82) is 0 Å². The van der Waals surface area contributed by atoms with Crippen molar-refractivity contribution in [2.75, 3.05) is 6.61 Å². The van der Waals surface area contributed by atoms with Crippen LogP contribution in [0.4, 0.5) is 0 Å². The van der Waals surface area contributed by atoms with E-state index in [0.717, 1.165) is 5.56 Å². The Bertz CT molecular complexity index is 312. The predicted octanol–water partition coefficient (Wildman–Crippen LogP) is 2.00. The third kappa shape index (κ3) is 2.63. The molecule has 0 fully saturated rings. The number of hydrazone groups is 1. The first kappa shape index (κ1) is 9.86. The van der Waals surface area contributed by atoms with Gasteiger partial charge in [0.2, 0.25) is 5.90 Å². The molecule has 0 aliphatic heterocycles. The van der Waals surface area contributed by atoms with Gasteiger partial charge in [-0.2, -0.15) is 0 Å². The molecule has 1 rings (SSSR count). The fourth-order valence-corrected chi connectivity index (χ4v) is 1.14. The zero-order chi connectivity index (χ0) is 9.68. The van der Waals surface area contributed by atoms with E-state index >= 15 is 0 Å². The van der Waals surface area contributed by atoms with Crippen LogP contribution in [0.25, 0.3) is 0 Å². The third-order valence-corrected chi connectivity index (χ3v) is 1.70. The normalized spacial score (nSPS) is 11.4. The van der Waals surface area contributed by atoms with Gasteiger partial charge in [-0.1, -0.05) is 17.7 Å². The first-order chi connectivity index (χ1) is 6.27. The van der Waals surface area contributed by atoms with Crippen LogP contribution in [0.2, 0.25) is 5.02 Å². The number of hydrogen-bond acceptors (Lipinski definition) is 3. The van der Waals surface area contributed by atoms with Crippen molar-refractivity contribution in [3.05, 3.63) is 34.9 Å². The highest BCUT2D eigenvalue weighted by Gasteiger charge is 2.03. The molecule has 0 atom stereocenters. The Kier molecular flexibility index (Phi) is 3.58. The summed E-state index contributed by atoms with van der Waals surface area (Å²) in [7, 11) is 0. The quantitative estimate of drug-likeness (QED) is 0.342. The molecule has 1 aromatic carbocycles. The van der Waals surface area contributed by atoms with E-state index in [2.05, 4.69) is 5.10 Å². The van der Waals surface area contributed by atoms with Crippen molar-refractivity contribution in [2.24, 2.45) is 10.9 Å². The van der Waals surface area contributed by atoms with Gasteiger partial charge in [0.15, 0.2) is 0 Å². The lowest BCUT2D eigenvalue weighted by atomic mass is 10.2. The van der Waals surface area contributed by atoms with Crippen molar-refractivity contribution in [2.45, 2.75) is 6.92 Å². The number of rotatable bonds is 2. The Morgan fingerprint density at radius 3 is 2.92 bits per heavy atom. The zero-order valence-corrected chi connectivity index (χ0v) is 8.08. The van der Waals surface area contributed by atoms with E-state index in [-0.39, 0.29) is 0 Å². The summed E-state index contributed by atoms with van der Waals surface area (Å²) in [6, 6.07) is 7.20. The second kappa shape index (κ2) is 4.72. The Labute approximate surface area is 82.1 Å². The molecule has 2 N–H and O–H groups in total. The topological polar surface area (TPSA) is 47.6 Å². The molecule has 0 saturated carbocycles. The number of ether oxygens (including phenoxy) is 1. The first-order valence-corrected chi connectivity index (χ1v) is 4.32. The SMILES string of the molecule is CCO/C(=N/N)c1cccc(Cl)c1. The van der Waals surface area contributed by atoms with Crippen LogP contribution < -0.4 is 5.84 Å². The van der Waals surface area contributed by atoms with Crippen LogP contribution >= 0.6 is 11.6 Å². The highest BCUT2D eigenvalue weighted by Crippen LogP contribution is 2.11. The molecule has 70 valence electrons. The fourth-order valence-electron chi connectivity index (χ4n) is 0.953. The van der Waals surface area contributed by atoms with Crippen LogP contribution in [-0.2, 0) is 4.74 Å². The number of benzene rings is 1. The molecule has 0 saturated heterocycles. The van der Waals surface area contributed by atoms with Crippen LogP contribution in [0.3, 0.4) is 0 Å². The zero-order valence-electron chi connectivity index (χ0n) is 7.33. The second-order valence-electron chi connectivity index (χ2n) is 2.38. The van der Waals surface area contributed by atoms with Gasteiger partial charge in [0.05, 0.1) is 6.61 Å². The summed E-state index contributed by atoms with van der Waals surface area (Å²) in [5.74, 6) is 5.57. The molecule has 3 nitrogen and oxygen atoms in total. The van der Waals surface area contributed by atoms with Crippen molar-refractivity contribution in [1.82, 2.24) is 0 Å². The molecule has 13 heavy (non-hydrogen) atoms. The molecule has 0 radical (unpaired) electrons. The van der Waals surface area contributed by atoms with E-state index in [1.165, 1.54) is 0 Å². The Balaban J connectivity index is 2.92. The highest BCUT2D eigenvalue weighted by molar-refractivity contribution is 6.30. The molecule has 1 aromatic rings. The maximum absolute atomic E-state index is 5.79. The van der Waals surface area contributed by atoms with Gasteiger partial charge in [0, 0.05) is 10.6 Å². The monoisotopic (exact) mass is 198 g/mol. The average molecular weight is 199 g/mol. The van der Waals surface area contributed by atoms with Crippen molar-refractivity contribution in [3.8, 4) is 0 Å². The standard InChI is InChI=1S/C9H11ClN2O/c1-2-13-9(12-11)7-4-3-5-8(10)6-7/h3-6H,2,11H2,1H3/b12-9+. The van der Waals surface area contributed by atoms with Gasteiger partial charge in [0.1, 0.15) is 0 Å². The highest BCUT2D eigenvalue weighted by atomic mass is 35.5. The minimum atomic E-state index is 0.407. The summed E-state index contributed by atoms with van der Waals surface area (Å²) in [4.78, 5) is 0. The van der Waals surface area contributed by atoms with E-state index in [4.69, 9.17) is 22.2 Å². The molecule has 0 heterocycles. The maximum Gasteiger partial charge on any atom is 0.237 e. The summed E-state index contributed by atoms with van der Waals surface area (Å²) < 4.78 is 5.20. The van der Waals surface area contributed by atoms with E-state index in [1.54, 1.807) is 12.1 Å². The molecule has 0 aliphatic carbocycles. The van der Waals surface area contributed by atoms with Crippen molar-refractivity contribution >= 4 is 17.5 Å². The summed E-state index contributed by atoms with van der Waals surface area (Å²) >= 11 is 5.79. The molecule has 0 amide bonds. The van der Waals surface area contributed by atoms with Gasteiger partial charge in [-0.05, 0) is 25.1 Å². The van der Waals surface area contributed by atoms with Crippen LogP contribution in [0, 0.1) is 0 Å². The minimum Gasteiger partial charge on any atom is -0.477 e. The number of nitrogens with two attached hydrogens (primary N) is 1. The van der Waals surface area contributed by atoms with Gasteiger partial charge >= 0.3 is 0 Å². The summed E-state index contributed by atoms with van der Waals surface area (Å²) in [5, 5.41) is 4.16. The van der Waals surface area contributed by atoms with E-state index in [9.17, 15) is 0 Å². The Morgan fingerprint density at radius 2 is 2.38 bits per heavy atom. The summed E-state index contributed by atoms with van der Waals surface area (Å²) in [5.41, 5.74) is 0.789. The van der Waals surface area contributed by atoms with Gasteiger partial charge in [-0.3, -0.25) is 0 Å². The smallest absolute Gasteiger partial charge is 0.237 e. The van der Waals surface area contributed by atoms with Gasteiger partial charge in [0.25, 0.3) is 0 Å². The number of nitrogens with zero attached hydrogens (tertiary/aromatic N) is 1. The lowest BCUT2D eigenvalue weighted by Crippen LogP contribution is -2.08. The van der Waals surface area contributed by atoms with Gasteiger partial charge in [-0.15, -0.1) is 5.10 Å². The molecule has 0 aliphatic rings. The van der Waals surface area contributed by atoms with Crippen LogP contribution in [0.5, 0.6) is 0 Å². The molecule has 0 spiro atoms. The van der Waals surface area contributed by atoms with Crippen molar-refractivity contribution in [3.63, 3.8) is 0 Å². The Hall–Kier alpha value is -1.22. The molecule has 0 unspecified atom stereocenters. The molecular formula is C9H11ClN2O. The predicted molar refractivity (Wildman–Crippen MR) is 53.8 cm³/mol. The van der Waals surface area contributed by atoms with E-state index in [1.807, 2.05) is 19.1 Å². The minimum absolute atomic E-state index is 0.407. The first-order valence-electron chi connectivity index (χ1n) is 3.94. The van der Waals surface area contributed by atoms with Gasteiger partial charge < -0.3 is 10.6 Å². The fraction of sp³-hybridized carbons (Fsp3) is 0.222. The second-order valence-corrected chi connectivity index (χ2v) is 2.81. The van der Waals surface area contributed by atoms with Crippen LogP contribution in [-0.4, -0.2) is 12.5 Å². The van der Waals surface area contributed by atoms with Crippen LogP contribution in [0.1, 0.15) is 12.5 Å². The molecule has 0 bridgehead atoms. The van der Waals surface area contributed by atoms with E-state index < -0.39 is 0 Å². The van der Waals surface area contributed by atoms with Crippen molar-refractivity contribution < 1.29 is 4.74 Å². The summed E-state index contributed by atoms with van der Waals surface area (Å²) in [6.07, 6.45) is 0. The maximum atomic E-state index is 5.79. The Morgan fingerprint density at radius 1 is 1.62 bits per heavy atom. The summed E-state index contributed by atoms with van der Waals surface area (Å²) in [6.45, 7) is 2.40. The molecule has 0 aromatic heterocycles. The average Bonchev–Trinajstić information content (AvgIpc) is 2.14. The largest absolute Gasteiger partial charge is 0.477 e. The van der Waals surface area contributed by atoms with Gasteiger partial charge in [-0.25, -0.2) is 0 Å². The molecular weight excluding hydrogens is 188 g/mol.